The molecule has 19 heavy (non-hydrogen) atoms. The Morgan fingerprint density at radius 1 is 1.26 bits per heavy atom. The maximum absolute atomic E-state index is 10.8. The molecule has 94 valence electrons. The lowest BCUT2D eigenvalue weighted by atomic mass is 10.3. The summed E-state index contributed by atoms with van der Waals surface area (Å²) in [6.45, 7) is 0. The van der Waals surface area contributed by atoms with Gasteiger partial charge in [0.05, 0.1) is 11.1 Å². The molecule has 2 N–H and O–H groups in total. The highest BCUT2D eigenvalue weighted by Crippen LogP contribution is 2.24. The van der Waals surface area contributed by atoms with Crippen molar-refractivity contribution in [3.05, 3.63) is 47.4 Å². The normalized spacial score (nSPS) is 10.6. The molecule has 0 aliphatic heterocycles. The van der Waals surface area contributed by atoms with Crippen LogP contribution in [0.5, 0.6) is 0 Å². The summed E-state index contributed by atoms with van der Waals surface area (Å²) in [7, 11) is 0. The third-order valence-electron chi connectivity index (χ3n) is 2.66. The minimum Gasteiger partial charge on any atom is -0.340 e. The van der Waals surface area contributed by atoms with E-state index in [1.165, 1.54) is 6.33 Å². The average Bonchev–Trinajstić information content (AvgIpc) is 2.83. The molecule has 0 amide bonds. The number of nitrogens with one attached hydrogen (secondary N) is 2. The van der Waals surface area contributed by atoms with Gasteiger partial charge < -0.3 is 10.3 Å². The van der Waals surface area contributed by atoms with E-state index in [-0.39, 0.29) is 0 Å². The minimum atomic E-state index is 0.463. The Morgan fingerprint density at radius 2 is 2.16 bits per heavy atom. The number of aromatic nitrogens is 3. The van der Waals surface area contributed by atoms with Gasteiger partial charge in [0.25, 0.3) is 0 Å². The van der Waals surface area contributed by atoms with E-state index >= 15 is 0 Å². The lowest BCUT2D eigenvalue weighted by Crippen LogP contribution is -1.94. The first kappa shape index (κ1) is 11.7. The molecule has 0 aliphatic carbocycles. The van der Waals surface area contributed by atoms with Gasteiger partial charge in [-0.25, -0.2) is 9.97 Å². The van der Waals surface area contributed by atoms with Crippen LogP contribution in [0, 0.1) is 0 Å². The summed E-state index contributed by atoms with van der Waals surface area (Å²) < 4.78 is 0. The van der Waals surface area contributed by atoms with Gasteiger partial charge in [0.1, 0.15) is 17.8 Å². The topological polar surface area (TPSA) is 70.7 Å². The standard InChI is InChI=1S/C13H9ClN4O/c14-8-2-1-3-9(4-8)17-12-11-5-10(6-19)18-13(11)16-7-15-12/h1-7H,(H2,15,16,17,18). The molecule has 0 radical (unpaired) electrons. The van der Waals surface area contributed by atoms with Gasteiger partial charge in [-0.1, -0.05) is 17.7 Å². The summed E-state index contributed by atoms with van der Waals surface area (Å²) in [5.41, 5.74) is 1.90. The molecule has 0 fully saturated rings. The quantitative estimate of drug-likeness (QED) is 0.719. The smallest absolute Gasteiger partial charge is 0.166 e. The Morgan fingerprint density at radius 3 is 2.95 bits per heavy atom. The van der Waals surface area contributed by atoms with Crippen molar-refractivity contribution >= 4 is 40.4 Å². The van der Waals surface area contributed by atoms with Gasteiger partial charge in [-0.2, -0.15) is 0 Å². The summed E-state index contributed by atoms with van der Waals surface area (Å²) in [4.78, 5) is 21.9. The number of rotatable bonds is 3. The van der Waals surface area contributed by atoms with Gasteiger partial charge in [0, 0.05) is 10.7 Å². The van der Waals surface area contributed by atoms with Gasteiger partial charge >= 0.3 is 0 Å². The zero-order valence-corrected chi connectivity index (χ0v) is 10.5. The summed E-state index contributed by atoms with van der Waals surface area (Å²) in [6, 6.07) is 9.02. The Labute approximate surface area is 113 Å². The van der Waals surface area contributed by atoms with Crippen LogP contribution >= 0.6 is 11.6 Å². The second-order valence-corrected chi connectivity index (χ2v) is 4.40. The Hall–Kier alpha value is -2.40. The van der Waals surface area contributed by atoms with Crippen LogP contribution in [0.1, 0.15) is 10.5 Å². The third-order valence-corrected chi connectivity index (χ3v) is 2.90. The maximum Gasteiger partial charge on any atom is 0.166 e. The largest absolute Gasteiger partial charge is 0.340 e. The van der Waals surface area contributed by atoms with Gasteiger partial charge in [0.2, 0.25) is 0 Å². The first-order valence-electron chi connectivity index (χ1n) is 5.58. The summed E-state index contributed by atoms with van der Waals surface area (Å²) in [6.07, 6.45) is 2.17. The molecular weight excluding hydrogens is 264 g/mol. The van der Waals surface area contributed by atoms with Crippen molar-refractivity contribution in [1.29, 1.82) is 0 Å². The number of nitrogens with zero attached hydrogens (tertiary/aromatic N) is 2. The number of benzene rings is 1. The molecule has 2 aromatic heterocycles. The number of halogens is 1. The predicted molar refractivity (Wildman–Crippen MR) is 74.0 cm³/mol. The highest BCUT2D eigenvalue weighted by Gasteiger charge is 2.07. The molecule has 3 rings (SSSR count). The van der Waals surface area contributed by atoms with Crippen molar-refractivity contribution in [2.24, 2.45) is 0 Å². The van der Waals surface area contributed by atoms with Crippen molar-refractivity contribution < 1.29 is 4.79 Å². The number of fused-ring (bicyclic) bond motifs is 1. The number of aldehydes is 1. The molecule has 3 aromatic rings. The fourth-order valence-electron chi connectivity index (χ4n) is 1.83. The second kappa shape index (κ2) is 4.70. The monoisotopic (exact) mass is 272 g/mol. The van der Waals surface area contributed by atoms with Crippen molar-refractivity contribution in [1.82, 2.24) is 15.0 Å². The number of carbonyl (C=O) groups excluding carboxylic acids is 1. The maximum atomic E-state index is 10.8. The summed E-state index contributed by atoms with van der Waals surface area (Å²) in [5, 5.41) is 4.54. The molecule has 0 bridgehead atoms. The van der Waals surface area contributed by atoms with E-state index < -0.39 is 0 Å². The molecule has 6 heteroatoms. The second-order valence-electron chi connectivity index (χ2n) is 3.96. The minimum absolute atomic E-state index is 0.463. The van der Waals surface area contributed by atoms with E-state index in [1.807, 2.05) is 12.1 Å². The van der Waals surface area contributed by atoms with E-state index in [4.69, 9.17) is 11.6 Å². The zero-order chi connectivity index (χ0) is 13.2. The third kappa shape index (κ3) is 2.28. The first-order valence-corrected chi connectivity index (χ1v) is 5.95. The number of carbonyl (C=O) groups is 1. The summed E-state index contributed by atoms with van der Waals surface area (Å²) >= 11 is 5.93. The van der Waals surface area contributed by atoms with Crippen LogP contribution in [0.25, 0.3) is 11.0 Å². The highest BCUT2D eigenvalue weighted by atomic mass is 35.5. The van der Waals surface area contributed by atoms with Crippen LogP contribution in [-0.4, -0.2) is 21.2 Å². The lowest BCUT2D eigenvalue weighted by Gasteiger charge is -2.06. The Balaban J connectivity index is 2.05. The van der Waals surface area contributed by atoms with Gasteiger partial charge in [-0.3, -0.25) is 4.79 Å². The molecule has 0 atom stereocenters. The van der Waals surface area contributed by atoms with E-state index in [1.54, 1.807) is 18.2 Å². The molecule has 0 saturated carbocycles. The lowest BCUT2D eigenvalue weighted by molar-refractivity contribution is 0.112. The molecule has 1 aromatic carbocycles. The number of hydrogen-bond acceptors (Lipinski definition) is 4. The molecular formula is C13H9ClN4O. The van der Waals surface area contributed by atoms with Crippen molar-refractivity contribution in [2.45, 2.75) is 0 Å². The Kier molecular flexibility index (Phi) is 2.89. The molecule has 0 saturated heterocycles. The van der Waals surface area contributed by atoms with E-state index in [2.05, 4.69) is 20.3 Å². The fourth-order valence-corrected chi connectivity index (χ4v) is 2.02. The zero-order valence-electron chi connectivity index (χ0n) is 9.72. The molecule has 5 nitrogen and oxygen atoms in total. The number of hydrogen-bond donors (Lipinski definition) is 2. The van der Waals surface area contributed by atoms with Crippen LogP contribution in [0.4, 0.5) is 11.5 Å². The first-order chi connectivity index (χ1) is 9.26. The van der Waals surface area contributed by atoms with Gasteiger partial charge in [-0.15, -0.1) is 0 Å². The van der Waals surface area contributed by atoms with Crippen molar-refractivity contribution in [3.63, 3.8) is 0 Å². The SMILES string of the molecule is O=Cc1cc2c(Nc3cccc(Cl)c3)ncnc2[nH]1. The van der Waals surface area contributed by atoms with Crippen LogP contribution in [-0.2, 0) is 0 Å². The van der Waals surface area contributed by atoms with E-state index in [0.29, 0.717) is 22.2 Å². The average molecular weight is 273 g/mol. The molecule has 0 aliphatic rings. The molecule has 2 heterocycles. The fraction of sp³-hybridized carbons (Fsp3) is 0. The highest BCUT2D eigenvalue weighted by molar-refractivity contribution is 6.30. The van der Waals surface area contributed by atoms with Gasteiger partial charge in [-0.05, 0) is 24.3 Å². The number of H-pyrrole nitrogens is 1. The van der Waals surface area contributed by atoms with E-state index in [9.17, 15) is 4.79 Å². The summed E-state index contributed by atoms with van der Waals surface area (Å²) in [5.74, 6) is 0.622. The Bertz CT molecular complexity index is 753. The van der Waals surface area contributed by atoms with Crippen LogP contribution in [0.3, 0.4) is 0 Å². The van der Waals surface area contributed by atoms with Gasteiger partial charge in [0.15, 0.2) is 6.29 Å². The predicted octanol–water partition coefficient (Wildman–Crippen LogP) is 3.17. The molecule has 0 unspecified atom stereocenters. The van der Waals surface area contributed by atoms with E-state index in [0.717, 1.165) is 17.4 Å². The van der Waals surface area contributed by atoms with Crippen molar-refractivity contribution in [2.75, 3.05) is 5.32 Å². The van der Waals surface area contributed by atoms with Crippen LogP contribution in [0.15, 0.2) is 36.7 Å². The number of anilines is 2. The van der Waals surface area contributed by atoms with Crippen molar-refractivity contribution in [3.8, 4) is 0 Å². The van der Waals surface area contributed by atoms with Crippen LogP contribution < -0.4 is 5.32 Å². The van der Waals surface area contributed by atoms with Crippen LogP contribution in [0.2, 0.25) is 5.02 Å². The molecule has 0 spiro atoms. The number of aromatic amines is 1.